The van der Waals surface area contributed by atoms with E-state index in [1.54, 1.807) is 22.4 Å². The predicted molar refractivity (Wildman–Crippen MR) is 92.0 cm³/mol. The predicted octanol–water partition coefficient (Wildman–Crippen LogP) is 2.95. The minimum atomic E-state index is -0.532. The van der Waals surface area contributed by atoms with Gasteiger partial charge in [-0.1, -0.05) is 11.6 Å². The Kier molecular flexibility index (Phi) is 5.27. The van der Waals surface area contributed by atoms with Gasteiger partial charge in [-0.2, -0.15) is 0 Å². The number of thiazole rings is 1. The number of thiophene rings is 1. The third-order valence-electron chi connectivity index (χ3n) is 3.38. The number of aromatic nitrogens is 1. The van der Waals surface area contributed by atoms with Gasteiger partial charge in [-0.15, -0.1) is 22.7 Å². The Morgan fingerprint density at radius 2 is 2.21 bits per heavy atom. The lowest BCUT2D eigenvalue weighted by Gasteiger charge is -2.10. The molecule has 24 heavy (non-hydrogen) atoms. The van der Waals surface area contributed by atoms with E-state index < -0.39 is 5.97 Å². The number of rotatable bonds is 6. The van der Waals surface area contributed by atoms with Crippen molar-refractivity contribution in [2.45, 2.75) is 19.3 Å². The largest absolute Gasteiger partial charge is 0.457 e. The molecule has 0 N–H and O–H groups in total. The molecule has 0 spiro atoms. The smallest absolute Gasteiger partial charge is 0.312 e. The number of amides is 1. The molecule has 9 heteroatoms. The van der Waals surface area contributed by atoms with Crippen molar-refractivity contribution in [1.82, 2.24) is 4.98 Å². The van der Waals surface area contributed by atoms with Crippen LogP contribution in [0, 0.1) is 0 Å². The molecule has 0 aliphatic carbocycles. The fourth-order valence-corrected chi connectivity index (χ4v) is 4.07. The van der Waals surface area contributed by atoms with Crippen LogP contribution in [0.15, 0.2) is 17.5 Å². The Hall–Kier alpha value is -1.77. The Bertz CT molecular complexity index is 786. The lowest BCUT2D eigenvalue weighted by atomic mass is 10.3. The van der Waals surface area contributed by atoms with E-state index in [1.807, 2.05) is 0 Å². The van der Waals surface area contributed by atoms with Crippen molar-refractivity contribution >= 4 is 57.1 Å². The molecule has 0 bridgehead atoms. The first-order valence-electron chi connectivity index (χ1n) is 7.22. The zero-order chi connectivity index (χ0) is 17.1. The maximum absolute atomic E-state index is 11.8. The first kappa shape index (κ1) is 17.1. The Morgan fingerprint density at radius 3 is 2.88 bits per heavy atom. The molecule has 3 heterocycles. The van der Waals surface area contributed by atoms with E-state index in [0.717, 1.165) is 17.8 Å². The number of ketones is 1. The first-order valence-corrected chi connectivity index (χ1v) is 9.29. The summed E-state index contributed by atoms with van der Waals surface area (Å²) in [6.07, 6.45) is 1.33. The van der Waals surface area contributed by atoms with Gasteiger partial charge in [0.2, 0.25) is 11.7 Å². The van der Waals surface area contributed by atoms with E-state index in [9.17, 15) is 14.4 Å². The fraction of sp³-hybridized carbons (Fsp3) is 0.333. The number of Topliss-reactive ketones (excluding diaryl/α,β-unsaturated/α-hetero) is 1. The van der Waals surface area contributed by atoms with E-state index in [1.165, 1.54) is 11.3 Å². The quantitative estimate of drug-likeness (QED) is 0.565. The monoisotopic (exact) mass is 384 g/mol. The molecule has 1 fully saturated rings. The summed E-state index contributed by atoms with van der Waals surface area (Å²) in [7, 11) is 0. The van der Waals surface area contributed by atoms with Gasteiger partial charge in [-0.05, 0) is 18.6 Å². The minimum absolute atomic E-state index is 0.0307. The summed E-state index contributed by atoms with van der Waals surface area (Å²) in [5, 5.41) is 2.33. The van der Waals surface area contributed by atoms with E-state index >= 15 is 0 Å². The number of nitrogens with zero attached hydrogens (tertiary/aromatic N) is 2. The summed E-state index contributed by atoms with van der Waals surface area (Å²) in [5.41, 5.74) is 0.534. The molecule has 1 aliphatic heterocycles. The molecule has 0 saturated carbocycles. The third kappa shape index (κ3) is 4.00. The molecule has 0 unspecified atom stereocenters. The molecule has 0 radical (unpaired) electrons. The van der Waals surface area contributed by atoms with Crippen LogP contribution in [0.1, 0.15) is 28.2 Å². The number of hydrogen-bond acceptors (Lipinski definition) is 7. The fourth-order valence-electron chi connectivity index (χ4n) is 2.23. The van der Waals surface area contributed by atoms with Gasteiger partial charge in [0.15, 0.2) is 11.7 Å². The van der Waals surface area contributed by atoms with Crippen LogP contribution in [0.25, 0.3) is 0 Å². The van der Waals surface area contributed by atoms with Gasteiger partial charge in [0.1, 0.15) is 0 Å². The zero-order valence-corrected chi connectivity index (χ0v) is 14.9. The van der Waals surface area contributed by atoms with Gasteiger partial charge in [0.25, 0.3) is 0 Å². The highest BCUT2D eigenvalue weighted by Gasteiger charge is 2.24. The number of carbonyl (C=O) groups is 3. The highest BCUT2D eigenvalue weighted by molar-refractivity contribution is 7.18. The van der Waals surface area contributed by atoms with Crippen LogP contribution in [-0.4, -0.2) is 35.8 Å². The van der Waals surface area contributed by atoms with Crippen molar-refractivity contribution in [2.75, 3.05) is 18.1 Å². The summed E-state index contributed by atoms with van der Waals surface area (Å²) in [6, 6.07) is 3.22. The zero-order valence-electron chi connectivity index (χ0n) is 12.5. The molecule has 126 valence electrons. The van der Waals surface area contributed by atoms with Crippen molar-refractivity contribution in [3.8, 4) is 0 Å². The Morgan fingerprint density at radius 1 is 1.38 bits per heavy atom. The van der Waals surface area contributed by atoms with Crippen LogP contribution < -0.4 is 4.90 Å². The van der Waals surface area contributed by atoms with Crippen LogP contribution in [-0.2, 0) is 20.7 Å². The lowest BCUT2D eigenvalue weighted by molar-refractivity contribution is -0.141. The van der Waals surface area contributed by atoms with Crippen LogP contribution in [0.3, 0.4) is 0 Å². The van der Waals surface area contributed by atoms with Gasteiger partial charge < -0.3 is 4.74 Å². The molecule has 2 aromatic rings. The molecule has 6 nitrogen and oxygen atoms in total. The Labute approximate surface area is 151 Å². The number of anilines is 1. The normalized spacial score (nSPS) is 14.2. The molecule has 1 saturated heterocycles. The minimum Gasteiger partial charge on any atom is -0.457 e. The molecular weight excluding hydrogens is 372 g/mol. The third-order valence-corrected chi connectivity index (χ3v) is 5.57. The van der Waals surface area contributed by atoms with Crippen LogP contribution in [0.2, 0.25) is 4.34 Å². The second-order valence-corrected chi connectivity index (χ2v) is 7.69. The van der Waals surface area contributed by atoms with Gasteiger partial charge in [-0.25, -0.2) is 4.98 Å². The summed E-state index contributed by atoms with van der Waals surface area (Å²) < 4.78 is 5.50. The number of carbonyl (C=O) groups excluding carboxylic acids is 3. The molecule has 3 rings (SSSR count). The number of esters is 1. The second kappa shape index (κ2) is 7.42. The molecule has 2 aromatic heterocycles. The molecule has 0 aromatic carbocycles. The van der Waals surface area contributed by atoms with Crippen LogP contribution >= 0.6 is 34.3 Å². The number of hydrogen-bond donors (Lipinski definition) is 0. The maximum atomic E-state index is 11.8. The van der Waals surface area contributed by atoms with Gasteiger partial charge in [0, 0.05) is 18.3 Å². The van der Waals surface area contributed by atoms with E-state index in [4.69, 9.17) is 16.3 Å². The van der Waals surface area contributed by atoms with Crippen molar-refractivity contribution in [2.24, 2.45) is 0 Å². The highest BCUT2D eigenvalue weighted by Crippen LogP contribution is 2.25. The first-order chi connectivity index (χ1) is 11.5. The standard InChI is InChI=1S/C15H13ClN2O4S2/c16-12-4-3-11(24-12)10(19)7-22-14(21)6-9-8-23-15(17-9)18-5-1-2-13(18)20/h3-4,8H,1-2,5-7H2. The molecular formula is C15H13ClN2O4S2. The van der Waals surface area contributed by atoms with Gasteiger partial charge in [0.05, 0.1) is 21.3 Å². The Balaban J connectivity index is 1.51. The van der Waals surface area contributed by atoms with E-state index in [0.29, 0.717) is 33.0 Å². The van der Waals surface area contributed by atoms with Crippen molar-refractivity contribution in [3.05, 3.63) is 32.4 Å². The molecule has 1 amide bonds. The van der Waals surface area contributed by atoms with E-state index in [2.05, 4.69) is 4.98 Å². The van der Waals surface area contributed by atoms with Crippen LogP contribution in [0.5, 0.6) is 0 Å². The summed E-state index contributed by atoms with van der Waals surface area (Å²) in [4.78, 5) is 41.7. The van der Waals surface area contributed by atoms with Gasteiger partial charge >= 0.3 is 5.97 Å². The number of halogens is 1. The second-order valence-electron chi connectivity index (χ2n) is 5.13. The SMILES string of the molecule is O=C(Cc1csc(N2CCCC2=O)n1)OCC(=O)c1ccc(Cl)s1. The van der Waals surface area contributed by atoms with E-state index in [-0.39, 0.29) is 24.7 Å². The van der Waals surface area contributed by atoms with Gasteiger partial charge in [-0.3, -0.25) is 19.3 Å². The summed E-state index contributed by atoms with van der Waals surface area (Å²) in [6.45, 7) is 0.339. The molecule has 1 aliphatic rings. The van der Waals surface area contributed by atoms with Crippen molar-refractivity contribution in [3.63, 3.8) is 0 Å². The average Bonchev–Trinajstić information content (AvgIpc) is 3.26. The summed E-state index contributed by atoms with van der Waals surface area (Å²) in [5.74, 6) is -0.767. The maximum Gasteiger partial charge on any atom is 0.312 e. The summed E-state index contributed by atoms with van der Waals surface area (Å²) >= 11 is 8.23. The molecule has 0 atom stereocenters. The lowest BCUT2D eigenvalue weighted by Crippen LogP contribution is -2.23. The highest BCUT2D eigenvalue weighted by atomic mass is 35.5. The number of ether oxygens (including phenoxy) is 1. The van der Waals surface area contributed by atoms with Crippen LogP contribution in [0.4, 0.5) is 5.13 Å². The van der Waals surface area contributed by atoms with Crippen molar-refractivity contribution in [1.29, 1.82) is 0 Å². The average molecular weight is 385 g/mol. The van der Waals surface area contributed by atoms with Crippen molar-refractivity contribution < 1.29 is 19.1 Å². The topological polar surface area (TPSA) is 76.6 Å².